The van der Waals surface area contributed by atoms with Gasteiger partial charge < -0.3 is 29.7 Å². The van der Waals surface area contributed by atoms with E-state index >= 15 is 0 Å². The largest absolute Gasteiger partial charge is 0.497 e. The van der Waals surface area contributed by atoms with Crippen LogP contribution in [-0.4, -0.2) is 101 Å². The molecule has 0 spiro atoms. The molecule has 1 aromatic heterocycles. The van der Waals surface area contributed by atoms with Crippen LogP contribution in [-0.2, 0) is 35.6 Å². The molecule has 3 saturated carbocycles. The predicted octanol–water partition coefficient (Wildman–Crippen LogP) is 4.58. The SMILES string of the molecule is CC[C@@H]1[C@@H]2CN(C(=O)[C@H](C(C)(C)C)NC(=O)O[C@@H]3C[C@H]3CCCCCc3nc4ccc(OC)cc4nc3O2)[C@@H]1C(=O)N[C@]1(C(=O)NS(=O)(=O)C2(Cl)CC2)C[C@H]1C(F)F. The van der Waals surface area contributed by atoms with Gasteiger partial charge in [-0.3, -0.25) is 14.4 Å². The molecule has 0 radical (unpaired) electrons. The van der Waals surface area contributed by atoms with Crippen LogP contribution in [0.2, 0.25) is 0 Å². The molecule has 2 aromatic rings. The van der Waals surface area contributed by atoms with E-state index in [1.807, 2.05) is 4.72 Å². The molecule has 58 heavy (non-hydrogen) atoms. The van der Waals surface area contributed by atoms with Crippen LogP contribution < -0.4 is 24.8 Å². The van der Waals surface area contributed by atoms with Crippen molar-refractivity contribution >= 4 is 56.5 Å². The molecule has 15 nitrogen and oxygen atoms in total. The minimum atomic E-state index is -4.48. The van der Waals surface area contributed by atoms with Gasteiger partial charge in [0, 0.05) is 12.0 Å². The Labute approximate surface area is 341 Å². The third-order valence-corrected chi connectivity index (χ3v) is 15.0. The van der Waals surface area contributed by atoms with Crippen molar-refractivity contribution in [2.45, 2.75) is 132 Å². The Hall–Kier alpha value is -4.06. The molecule has 5 aliphatic rings. The molecular formula is C39H51ClF2N6O9S. The van der Waals surface area contributed by atoms with Gasteiger partial charge in [0.25, 0.3) is 15.9 Å². The third-order valence-electron chi connectivity index (χ3n) is 12.2. The topological polar surface area (TPSA) is 195 Å². The second-order valence-corrected chi connectivity index (χ2v) is 20.3. The molecule has 1 aromatic carbocycles. The zero-order valence-corrected chi connectivity index (χ0v) is 34.8. The van der Waals surface area contributed by atoms with Crippen molar-refractivity contribution in [1.29, 1.82) is 0 Å². The van der Waals surface area contributed by atoms with E-state index in [9.17, 15) is 36.4 Å². The monoisotopic (exact) mass is 852 g/mol. The van der Waals surface area contributed by atoms with Crippen LogP contribution in [0.5, 0.6) is 11.6 Å². The molecule has 4 fully saturated rings. The summed E-state index contributed by atoms with van der Waals surface area (Å²) in [5.74, 6) is -4.55. The van der Waals surface area contributed by atoms with Crippen molar-refractivity contribution in [3.63, 3.8) is 0 Å². The number of nitrogens with one attached hydrogen (secondary N) is 3. The number of hydrogen-bond acceptors (Lipinski definition) is 11. The molecule has 2 aliphatic heterocycles. The number of fused-ring (bicyclic) bond motifs is 5. The van der Waals surface area contributed by atoms with Crippen LogP contribution in [0.25, 0.3) is 11.0 Å². The number of alkyl carbamates (subject to hydrolysis) is 1. The molecule has 3 heterocycles. The number of nitrogens with zero attached hydrogens (tertiary/aromatic N) is 3. The number of rotatable bonds is 8. The summed E-state index contributed by atoms with van der Waals surface area (Å²) < 4.78 is 72.5. The number of halogens is 3. The summed E-state index contributed by atoms with van der Waals surface area (Å²) in [5.41, 5.74) is -1.53. The standard InChI is InChI=1S/C39H51ClF2N6O9S/c1-6-22-28-19-48(29(22)32(49)46-39(18-23(39)31(41)42)35(51)47-58(53,54)38(40)14-15-38)34(50)30(37(2,3)4)45-36(52)57-27-16-20(27)10-8-7-9-11-25-33(56-28)44-26-17-21(55-5)12-13-24(26)43-25/h12-13,17,20,22-23,27-31H,6-11,14-16,18-19H2,1-5H3,(H,45,52)(H,46,49)(H,47,51)/t20-,22-,23+,27-,28+,29+,30-,39-/m1/s1. The second-order valence-electron chi connectivity index (χ2n) is 17.4. The minimum absolute atomic E-state index is 0.0577. The first kappa shape index (κ1) is 42.1. The van der Waals surface area contributed by atoms with E-state index in [4.69, 9.17) is 35.8 Å². The van der Waals surface area contributed by atoms with Crippen LogP contribution in [0, 0.1) is 23.2 Å². The van der Waals surface area contributed by atoms with E-state index in [-0.39, 0.29) is 43.7 Å². The van der Waals surface area contributed by atoms with Gasteiger partial charge in [0.2, 0.25) is 24.1 Å². The van der Waals surface area contributed by atoms with Crippen molar-refractivity contribution in [2.24, 2.45) is 23.2 Å². The summed E-state index contributed by atoms with van der Waals surface area (Å²) >= 11 is 6.11. The van der Waals surface area contributed by atoms with Gasteiger partial charge in [-0.05, 0) is 74.8 Å². The smallest absolute Gasteiger partial charge is 0.408 e. The van der Waals surface area contributed by atoms with E-state index < -0.39 is 91.9 Å². The maximum atomic E-state index is 14.8. The number of carbonyl (C=O) groups is 4. The van der Waals surface area contributed by atoms with E-state index in [2.05, 4.69) is 10.6 Å². The maximum Gasteiger partial charge on any atom is 0.408 e. The molecule has 4 amide bonds. The lowest BCUT2D eigenvalue weighted by Crippen LogP contribution is -2.61. The summed E-state index contributed by atoms with van der Waals surface area (Å²) in [4.78, 5) is 67.4. The van der Waals surface area contributed by atoms with Crippen LogP contribution >= 0.6 is 11.6 Å². The first-order chi connectivity index (χ1) is 27.3. The normalized spacial score (nSPS) is 31.1. The van der Waals surface area contributed by atoms with Gasteiger partial charge in [-0.25, -0.2) is 36.7 Å². The molecule has 318 valence electrons. The first-order valence-corrected chi connectivity index (χ1v) is 21.8. The molecule has 3 N–H and O–H groups in total. The quantitative estimate of drug-likeness (QED) is 0.315. The highest BCUT2D eigenvalue weighted by Crippen LogP contribution is 2.51. The highest BCUT2D eigenvalue weighted by Gasteiger charge is 2.68. The zero-order valence-electron chi connectivity index (χ0n) is 33.2. The lowest BCUT2D eigenvalue weighted by molar-refractivity contribution is -0.144. The van der Waals surface area contributed by atoms with Crippen LogP contribution in [0.4, 0.5) is 13.6 Å². The summed E-state index contributed by atoms with van der Waals surface area (Å²) in [6.07, 6.45) is -0.663. The second kappa shape index (κ2) is 15.5. The molecule has 3 aliphatic carbocycles. The van der Waals surface area contributed by atoms with E-state index in [1.165, 1.54) is 12.0 Å². The van der Waals surface area contributed by atoms with Crippen molar-refractivity contribution in [3.8, 4) is 11.6 Å². The summed E-state index contributed by atoms with van der Waals surface area (Å²) in [6.45, 7) is 6.80. The van der Waals surface area contributed by atoms with Crippen molar-refractivity contribution < 1.29 is 50.6 Å². The number of aromatic nitrogens is 2. The number of hydrogen-bond donors (Lipinski definition) is 3. The average molecular weight is 853 g/mol. The number of ether oxygens (including phenoxy) is 3. The zero-order chi connectivity index (χ0) is 41.9. The maximum absolute atomic E-state index is 14.8. The molecule has 7 rings (SSSR count). The Kier molecular flexibility index (Phi) is 11.3. The number of sulfonamides is 1. The first-order valence-electron chi connectivity index (χ1n) is 20.0. The Morgan fingerprint density at radius 3 is 2.48 bits per heavy atom. The lowest BCUT2D eigenvalue weighted by atomic mass is 9.85. The lowest BCUT2D eigenvalue weighted by Gasteiger charge is -2.36. The Morgan fingerprint density at radius 1 is 1.10 bits per heavy atom. The molecular weight excluding hydrogens is 802 g/mol. The molecule has 2 bridgehead atoms. The highest BCUT2D eigenvalue weighted by molar-refractivity contribution is 7.93. The third kappa shape index (κ3) is 8.23. The number of alkyl halides is 3. The van der Waals surface area contributed by atoms with Crippen molar-refractivity contribution in [2.75, 3.05) is 13.7 Å². The van der Waals surface area contributed by atoms with Crippen molar-refractivity contribution in [3.05, 3.63) is 23.9 Å². The summed E-state index contributed by atoms with van der Waals surface area (Å²) in [6, 6.07) is 2.66. The summed E-state index contributed by atoms with van der Waals surface area (Å²) in [5, 5.41) is 5.20. The fourth-order valence-corrected chi connectivity index (χ4v) is 9.76. The van der Waals surface area contributed by atoms with Crippen LogP contribution in [0.15, 0.2) is 18.2 Å². The number of benzene rings is 1. The van der Waals surface area contributed by atoms with E-state index in [1.54, 1.807) is 45.9 Å². The van der Waals surface area contributed by atoms with Gasteiger partial charge >= 0.3 is 6.09 Å². The molecule has 0 unspecified atom stereocenters. The fraction of sp³-hybridized carbons (Fsp3) is 0.692. The highest BCUT2D eigenvalue weighted by atomic mass is 35.5. The van der Waals surface area contributed by atoms with E-state index in [0.29, 0.717) is 35.3 Å². The number of aryl methyl sites for hydroxylation is 1. The molecule has 19 heteroatoms. The number of amides is 4. The molecule has 8 atom stereocenters. The number of carbonyl (C=O) groups excluding carboxylic acids is 4. The Balaban J connectivity index is 1.27. The average Bonchev–Trinajstić information content (AvgIpc) is 4.11. The van der Waals surface area contributed by atoms with Crippen LogP contribution in [0.1, 0.15) is 91.2 Å². The fourth-order valence-electron chi connectivity index (χ4n) is 8.30. The van der Waals surface area contributed by atoms with Crippen LogP contribution in [0.3, 0.4) is 0 Å². The Bertz CT molecular complexity index is 2080. The predicted molar refractivity (Wildman–Crippen MR) is 207 cm³/mol. The number of methoxy groups -OCH3 is 1. The van der Waals surface area contributed by atoms with Gasteiger partial charge in [0.1, 0.15) is 41.3 Å². The molecule has 1 saturated heterocycles. The van der Waals surface area contributed by atoms with Gasteiger partial charge in [0.05, 0.1) is 30.6 Å². The minimum Gasteiger partial charge on any atom is -0.497 e. The van der Waals surface area contributed by atoms with Gasteiger partial charge in [0.15, 0.2) is 4.21 Å². The van der Waals surface area contributed by atoms with Gasteiger partial charge in [-0.1, -0.05) is 52.1 Å². The summed E-state index contributed by atoms with van der Waals surface area (Å²) in [7, 11) is -2.95. The Morgan fingerprint density at radius 2 is 1.84 bits per heavy atom. The van der Waals surface area contributed by atoms with Crippen molar-refractivity contribution in [1.82, 2.24) is 30.2 Å². The van der Waals surface area contributed by atoms with E-state index in [0.717, 1.165) is 25.7 Å². The van der Waals surface area contributed by atoms with Gasteiger partial charge in [-0.15, -0.1) is 0 Å². The van der Waals surface area contributed by atoms with Gasteiger partial charge in [-0.2, -0.15) is 0 Å².